The zero-order valence-electron chi connectivity index (χ0n) is 13.5. The normalized spacial score (nSPS) is 10.6. The van der Waals surface area contributed by atoms with Gasteiger partial charge in [0.05, 0.1) is 15.2 Å². The van der Waals surface area contributed by atoms with E-state index in [1.807, 2.05) is 0 Å². The highest BCUT2D eigenvalue weighted by Gasteiger charge is 2.10. The number of hydrogen-bond donors (Lipinski definition) is 2. The SMILES string of the molecule is CC(=O)Nc1ccc2nc(NC(=O)COc3ccc(F)c(Cl)c3)sc2c1. The van der Waals surface area contributed by atoms with Gasteiger partial charge in [-0.1, -0.05) is 22.9 Å². The Bertz CT molecular complexity index is 993. The summed E-state index contributed by atoms with van der Waals surface area (Å²) in [5, 5.41) is 5.65. The van der Waals surface area contributed by atoms with E-state index in [1.54, 1.807) is 18.2 Å². The molecule has 0 bridgehead atoms. The van der Waals surface area contributed by atoms with Gasteiger partial charge in [0, 0.05) is 18.7 Å². The van der Waals surface area contributed by atoms with Crippen molar-refractivity contribution >= 4 is 55.8 Å². The molecule has 0 fully saturated rings. The molecular formula is C17H13ClFN3O3S. The number of nitrogens with one attached hydrogen (secondary N) is 2. The molecule has 2 amide bonds. The monoisotopic (exact) mass is 393 g/mol. The average molecular weight is 394 g/mol. The van der Waals surface area contributed by atoms with Crippen LogP contribution >= 0.6 is 22.9 Å². The molecule has 0 aliphatic heterocycles. The zero-order chi connectivity index (χ0) is 18.7. The van der Waals surface area contributed by atoms with E-state index in [-0.39, 0.29) is 23.3 Å². The minimum atomic E-state index is -0.559. The summed E-state index contributed by atoms with van der Waals surface area (Å²) in [4.78, 5) is 27.4. The summed E-state index contributed by atoms with van der Waals surface area (Å²) in [7, 11) is 0. The third-order valence-electron chi connectivity index (χ3n) is 3.22. The first kappa shape index (κ1) is 18.1. The van der Waals surface area contributed by atoms with E-state index in [2.05, 4.69) is 15.6 Å². The summed E-state index contributed by atoms with van der Waals surface area (Å²) in [6.45, 7) is 1.16. The predicted octanol–water partition coefficient (Wildman–Crippen LogP) is 4.06. The number of fused-ring (bicyclic) bond motifs is 1. The fraction of sp³-hybridized carbons (Fsp3) is 0.118. The Balaban J connectivity index is 1.63. The molecule has 0 saturated carbocycles. The Morgan fingerprint density at radius 1 is 1.23 bits per heavy atom. The van der Waals surface area contributed by atoms with Crippen LogP contribution in [0.3, 0.4) is 0 Å². The van der Waals surface area contributed by atoms with Gasteiger partial charge in [0.25, 0.3) is 5.91 Å². The molecule has 3 rings (SSSR count). The first-order valence-corrected chi connectivity index (χ1v) is 8.66. The molecule has 0 spiro atoms. The maximum Gasteiger partial charge on any atom is 0.264 e. The van der Waals surface area contributed by atoms with E-state index >= 15 is 0 Å². The topological polar surface area (TPSA) is 80.3 Å². The Morgan fingerprint density at radius 3 is 2.77 bits per heavy atom. The number of benzene rings is 2. The molecule has 2 N–H and O–H groups in total. The second-order valence-electron chi connectivity index (χ2n) is 5.30. The molecule has 1 heterocycles. The lowest BCUT2D eigenvalue weighted by Crippen LogP contribution is -2.20. The number of aromatic nitrogens is 1. The summed E-state index contributed by atoms with van der Waals surface area (Å²) in [5.41, 5.74) is 1.36. The van der Waals surface area contributed by atoms with Gasteiger partial charge >= 0.3 is 0 Å². The Hall–Kier alpha value is -2.71. The maximum absolute atomic E-state index is 13.1. The highest BCUT2D eigenvalue weighted by atomic mass is 35.5. The summed E-state index contributed by atoms with van der Waals surface area (Å²) in [6.07, 6.45) is 0. The minimum absolute atomic E-state index is 0.0796. The number of halogens is 2. The lowest BCUT2D eigenvalue weighted by atomic mass is 10.3. The second kappa shape index (κ2) is 7.67. The van der Waals surface area contributed by atoms with Crippen molar-refractivity contribution in [3.8, 4) is 5.75 Å². The molecule has 0 aliphatic rings. The fourth-order valence-corrected chi connectivity index (χ4v) is 3.22. The summed E-state index contributed by atoms with van der Waals surface area (Å²) >= 11 is 6.93. The van der Waals surface area contributed by atoms with Gasteiger partial charge in [0.1, 0.15) is 11.6 Å². The molecule has 2 aromatic carbocycles. The van der Waals surface area contributed by atoms with Crippen LogP contribution in [0.5, 0.6) is 5.75 Å². The van der Waals surface area contributed by atoms with E-state index in [9.17, 15) is 14.0 Å². The van der Waals surface area contributed by atoms with Crippen LogP contribution < -0.4 is 15.4 Å². The molecular weight excluding hydrogens is 381 g/mol. The van der Waals surface area contributed by atoms with Crippen LogP contribution in [0.15, 0.2) is 36.4 Å². The molecule has 0 unspecified atom stereocenters. The molecule has 26 heavy (non-hydrogen) atoms. The van der Waals surface area contributed by atoms with Gasteiger partial charge in [-0.25, -0.2) is 9.37 Å². The van der Waals surface area contributed by atoms with Gasteiger partial charge in [0.2, 0.25) is 5.91 Å². The summed E-state index contributed by atoms with van der Waals surface area (Å²) in [5.74, 6) is -0.848. The standard InChI is InChI=1S/C17H13ClFN3O3S/c1-9(23)20-10-2-5-14-15(6-10)26-17(21-14)22-16(24)8-25-11-3-4-13(19)12(18)7-11/h2-7H,8H2,1H3,(H,20,23)(H,21,22,24). The third kappa shape index (κ3) is 4.47. The average Bonchev–Trinajstić information content (AvgIpc) is 2.96. The van der Waals surface area contributed by atoms with E-state index in [1.165, 1.54) is 30.4 Å². The smallest absolute Gasteiger partial charge is 0.264 e. The van der Waals surface area contributed by atoms with Gasteiger partial charge in [-0.3, -0.25) is 14.9 Å². The number of ether oxygens (including phenoxy) is 1. The van der Waals surface area contributed by atoms with Crippen molar-refractivity contribution in [1.29, 1.82) is 0 Å². The van der Waals surface area contributed by atoms with Crippen molar-refractivity contribution in [1.82, 2.24) is 4.98 Å². The maximum atomic E-state index is 13.1. The van der Waals surface area contributed by atoms with Crippen LogP contribution in [0.4, 0.5) is 15.2 Å². The number of hydrogen-bond acceptors (Lipinski definition) is 5. The minimum Gasteiger partial charge on any atom is -0.484 e. The van der Waals surface area contributed by atoms with Crippen molar-refractivity contribution in [2.45, 2.75) is 6.92 Å². The van der Waals surface area contributed by atoms with Crippen LogP contribution in [0.2, 0.25) is 5.02 Å². The van der Waals surface area contributed by atoms with Gasteiger partial charge in [-0.15, -0.1) is 0 Å². The van der Waals surface area contributed by atoms with Gasteiger partial charge in [-0.2, -0.15) is 0 Å². The van der Waals surface area contributed by atoms with Crippen molar-refractivity contribution in [3.63, 3.8) is 0 Å². The van der Waals surface area contributed by atoms with Crippen molar-refractivity contribution < 1.29 is 18.7 Å². The number of nitrogens with zero attached hydrogens (tertiary/aromatic N) is 1. The molecule has 0 aliphatic carbocycles. The van der Waals surface area contributed by atoms with E-state index < -0.39 is 11.7 Å². The van der Waals surface area contributed by atoms with Crippen LogP contribution in [-0.2, 0) is 9.59 Å². The van der Waals surface area contributed by atoms with Crippen molar-refractivity contribution in [2.24, 2.45) is 0 Å². The van der Waals surface area contributed by atoms with Crippen LogP contribution in [0.25, 0.3) is 10.2 Å². The lowest BCUT2D eigenvalue weighted by molar-refractivity contribution is -0.118. The van der Waals surface area contributed by atoms with Crippen LogP contribution in [0.1, 0.15) is 6.92 Å². The predicted molar refractivity (Wildman–Crippen MR) is 99.5 cm³/mol. The molecule has 3 aromatic rings. The zero-order valence-corrected chi connectivity index (χ0v) is 15.1. The molecule has 0 atom stereocenters. The fourth-order valence-electron chi connectivity index (χ4n) is 2.13. The van der Waals surface area contributed by atoms with E-state index in [0.717, 1.165) is 10.8 Å². The van der Waals surface area contributed by atoms with Gasteiger partial charge in [0.15, 0.2) is 11.7 Å². The second-order valence-corrected chi connectivity index (χ2v) is 6.73. The molecule has 0 saturated heterocycles. The Kier molecular flexibility index (Phi) is 5.34. The van der Waals surface area contributed by atoms with Gasteiger partial charge in [-0.05, 0) is 30.3 Å². The van der Waals surface area contributed by atoms with E-state index in [4.69, 9.17) is 16.3 Å². The van der Waals surface area contributed by atoms with E-state index in [0.29, 0.717) is 16.3 Å². The van der Waals surface area contributed by atoms with Crippen LogP contribution in [-0.4, -0.2) is 23.4 Å². The lowest BCUT2D eigenvalue weighted by Gasteiger charge is -2.06. The largest absolute Gasteiger partial charge is 0.484 e. The first-order chi connectivity index (χ1) is 12.4. The number of thiazole rings is 1. The molecule has 1 aromatic heterocycles. The summed E-state index contributed by atoms with van der Waals surface area (Å²) in [6, 6.07) is 9.11. The summed E-state index contributed by atoms with van der Waals surface area (Å²) < 4.78 is 19.2. The number of amides is 2. The number of anilines is 2. The third-order valence-corrected chi connectivity index (χ3v) is 4.44. The molecule has 6 nitrogen and oxygen atoms in total. The first-order valence-electron chi connectivity index (χ1n) is 7.46. The van der Waals surface area contributed by atoms with Crippen LogP contribution in [0, 0.1) is 5.82 Å². The van der Waals surface area contributed by atoms with Gasteiger partial charge < -0.3 is 10.1 Å². The Labute approximate surface area is 156 Å². The molecule has 9 heteroatoms. The van der Waals surface area contributed by atoms with Crippen molar-refractivity contribution in [3.05, 3.63) is 47.2 Å². The molecule has 0 radical (unpaired) electrons. The highest BCUT2D eigenvalue weighted by molar-refractivity contribution is 7.22. The number of carbonyl (C=O) groups excluding carboxylic acids is 2. The number of carbonyl (C=O) groups is 2. The highest BCUT2D eigenvalue weighted by Crippen LogP contribution is 2.28. The Morgan fingerprint density at radius 2 is 2.04 bits per heavy atom. The molecule has 134 valence electrons. The number of rotatable bonds is 5. The van der Waals surface area contributed by atoms with Crippen molar-refractivity contribution in [2.75, 3.05) is 17.2 Å². The quantitative estimate of drug-likeness (QED) is 0.684.